The second kappa shape index (κ2) is 25.1. The van der Waals surface area contributed by atoms with Crippen LogP contribution in [0.5, 0.6) is 0 Å². The van der Waals surface area contributed by atoms with Gasteiger partial charge in [0.15, 0.2) is 0 Å². The van der Waals surface area contributed by atoms with Crippen molar-refractivity contribution in [2.45, 2.75) is 136 Å². The SMILES string of the molecule is CCC(NC(=O)[C@H](CC(C)C)NC(=O)[C@@H](NC(=O)[C@H](Cc1ccccc1C)NC(=O)[C@H](CCC(=O)O)NC(=O)[C@H](CC(=O)O)NC(=O)CCC(=O)O)C(C)(C)C)OB(O)O. The molecule has 1 rings (SSSR count). The summed E-state index contributed by atoms with van der Waals surface area (Å²) in [5.74, 6) is -9.99. The minimum Gasteiger partial charge on any atom is -0.481 e. The molecule has 6 atom stereocenters. The Balaban J connectivity index is 3.55. The third-order valence-corrected chi connectivity index (χ3v) is 8.91. The van der Waals surface area contributed by atoms with Crippen LogP contribution in [0.15, 0.2) is 24.3 Å². The van der Waals surface area contributed by atoms with Gasteiger partial charge in [-0.3, -0.25) is 43.2 Å². The molecule has 0 spiro atoms. The van der Waals surface area contributed by atoms with Crippen molar-refractivity contribution in [1.82, 2.24) is 31.9 Å². The number of benzene rings is 1. The van der Waals surface area contributed by atoms with Gasteiger partial charge >= 0.3 is 25.2 Å². The third-order valence-electron chi connectivity index (χ3n) is 8.91. The van der Waals surface area contributed by atoms with Gasteiger partial charge in [0.2, 0.25) is 35.4 Å². The summed E-state index contributed by atoms with van der Waals surface area (Å²) in [5.41, 5.74) is 0.282. The number of aliphatic carboxylic acids is 3. The van der Waals surface area contributed by atoms with Crippen LogP contribution in [0.1, 0.15) is 97.6 Å². The maximum atomic E-state index is 14.2. The standard InChI is InChI=1S/C38H59BN6O15/c1-8-28(60-39(58)59)44-35(55)24(17-20(2)3)43-37(57)32(38(5,6)7)45-36(56)25(18-22-12-10-9-11-21(22)4)42-33(53)23(13-15-29(47)48)41-34(54)26(19-31(51)52)40-27(46)14-16-30(49)50/h9-12,20,23-26,28,32,58-59H,8,13-19H2,1-7H3,(H,40,46)(H,41,54)(H,42,53)(H,43,57)(H,44,55)(H,45,56)(H,47,48)(H,49,50)(H,51,52)/t23-,24-,25-,26-,28?,32+/m0/s1. The molecule has 0 aliphatic carbocycles. The van der Waals surface area contributed by atoms with Gasteiger partial charge in [-0.1, -0.05) is 65.8 Å². The van der Waals surface area contributed by atoms with Crippen LogP contribution >= 0.6 is 0 Å². The van der Waals surface area contributed by atoms with Crippen molar-refractivity contribution in [1.29, 1.82) is 0 Å². The molecular weight excluding hydrogens is 791 g/mol. The smallest absolute Gasteiger partial charge is 0.481 e. The number of rotatable bonds is 26. The Hall–Kier alpha value is -5.61. The van der Waals surface area contributed by atoms with Crippen LogP contribution in [0.3, 0.4) is 0 Å². The topological polar surface area (TPSA) is 336 Å². The summed E-state index contributed by atoms with van der Waals surface area (Å²) in [6.07, 6.45) is -4.43. The van der Waals surface area contributed by atoms with Gasteiger partial charge in [0.1, 0.15) is 36.4 Å². The van der Waals surface area contributed by atoms with Crippen LogP contribution in [0.2, 0.25) is 0 Å². The van der Waals surface area contributed by atoms with Crippen LogP contribution in [0.25, 0.3) is 0 Å². The predicted molar refractivity (Wildman–Crippen MR) is 213 cm³/mol. The molecular formula is C38H59BN6O15. The van der Waals surface area contributed by atoms with E-state index in [-0.39, 0.29) is 25.2 Å². The van der Waals surface area contributed by atoms with E-state index in [0.717, 1.165) is 0 Å². The first-order chi connectivity index (χ1) is 27.8. The van der Waals surface area contributed by atoms with Gasteiger partial charge in [0, 0.05) is 19.3 Å². The van der Waals surface area contributed by atoms with Crippen LogP contribution in [0.4, 0.5) is 0 Å². The molecule has 6 amide bonds. The fraction of sp³-hybridized carbons (Fsp3) is 0.605. The number of amides is 6. The van der Waals surface area contributed by atoms with Gasteiger partial charge in [-0.05, 0) is 48.6 Å². The summed E-state index contributed by atoms with van der Waals surface area (Å²) in [4.78, 5) is 115. The fourth-order valence-corrected chi connectivity index (χ4v) is 5.74. The number of carboxylic acids is 3. The molecule has 60 heavy (non-hydrogen) atoms. The van der Waals surface area contributed by atoms with E-state index >= 15 is 0 Å². The van der Waals surface area contributed by atoms with Crippen LogP contribution < -0.4 is 31.9 Å². The summed E-state index contributed by atoms with van der Waals surface area (Å²) in [6.45, 7) is 11.9. The average Bonchev–Trinajstić information content (AvgIpc) is 3.12. The lowest BCUT2D eigenvalue weighted by Crippen LogP contribution is -2.62. The van der Waals surface area contributed by atoms with Crippen molar-refractivity contribution in [3.05, 3.63) is 35.4 Å². The second-order valence-corrected chi connectivity index (χ2v) is 15.7. The maximum absolute atomic E-state index is 14.2. The minimum atomic E-state index is -2.18. The lowest BCUT2D eigenvalue weighted by Gasteiger charge is -2.34. The molecule has 0 aromatic heterocycles. The Morgan fingerprint density at radius 3 is 1.72 bits per heavy atom. The van der Waals surface area contributed by atoms with E-state index in [4.69, 9.17) is 9.76 Å². The number of nitrogens with one attached hydrogen (secondary N) is 6. The highest BCUT2D eigenvalue weighted by molar-refractivity contribution is 6.32. The van der Waals surface area contributed by atoms with Crippen LogP contribution in [-0.2, 0) is 54.2 Å². The number of carboxylic acid groups (broad SMARTS) is 3. The van der Waals surface area contributed by atoms with E-state index in [2.05, 4.69) is 31.9 Å². The number of carbonyl (C=O) groups excluding carboxylic acids is 6. The van der Waals surface area contributed by atoms with E-state index in [1.165, 1.54) is 0 Å². The lowest BCUT2D eigenvalue weighted by atomic mass is 9.85. The van der Waals surface area contributed by atoms with Gasteiger partial charge < -0.3 is 61.9 Å². The molecule has 0 fully saturated rings. The van der Waals surface area contributed by atoms with Gasteiger partial charge in [0.25, 0.3) is 0 Å². The number of aryl methyl sites for hydroxylation is 1. The Morgan fingerprint density at radius 2 is 1.20 bits per heavy atom. The summed E-state index contributed by atoms with van der Waals surface area (Å²) in [7, 11) is -2.18. The van der Waals surface area contributed by atoms with Gasteiger partial charge in [-0.15, -0.1) is 0 Å². The maximum Gasteiger partial charge on any atom is 0.635 e. The third kappa shape index (κ3) is 19.9. The van der Waals surface area contributed by atoms with Crippen LogP contribution in [-0.4, -0.2) is 122 Å². The average molecular weight is 851 g/mol. The van der Waals surface area contributed by atoms with Crippen molar-refractivity contribution in [3.8, 4) is 0 Å². The monoisotopic (exact) mass is 850 g/mol. The highest BCUT2D eigenvalue weighted by Crippen LogP contribution is 2.21. The largest absolute Gasteiger partial charge is 0.635 e. The summed E-state index contributed by atoms with van der Waals surface area (Å²) < 4.78 is 4.89. The molecule has 21 nitrogen and oxygen atoms in total. The molecule has 1 aromatic rings. The van der Waals surface area contributed by atoms with Crippen molar-refractivity contribution in [2.24, 2.45) is 11.3 Å². The molecule has 0 heterocycles. The van der Waals surface area contributed by atoms with Gasteiger partial charge in [0.05, 0.1) is 12.8 Å². The molecule has 22 heteroatoms. The molecule has 0 saturated heterocycles. The van der Waals surface area contributed by atoms with Crippen LogP contribution in [0, 0.1) is 18.3 Å². The van der Waals surface area contributed by atoms with Crippen molar-refractivity contribution >= 4 is 60.7 Å². The molecule has 0 saturated carbocycles. The molecule has 0 bridgehead atoms. The van der Waals surface area contributed by atoms with Crippen molar-refractivity contribution < 1.29 is 73.2 Å². The molecule has 0 radical (unpaired) electrons. The summed E-state index contributed by atoms with van der Waals surface area (Å²) >= 11 is 0. The summed E-state index contributed by atoms with van der Waals surface area (Å²) in [5, 5.41) is 60.9. The van der Waals surface area contributed by atoms with E-state index in [1.807, 2.05) is 0 Å². The first kappa shape index (κ1) is 52.4. The normalized spacial score (nSPS) is 14.2. The number of carbonyl (C=O) groups is 9. The number of hydrogen-bond acceptors (Lipinski definition) is 12. The quantitative estimate of drug-likeness (QED) is 0.0397. The van der Waals surface area contributed by atoms with E-state index in [9.17, 15) is 63.4 Å². The lowest BCUT2D eigenvalue weighted by molar-refractivity contribution is -0.142. The zero-order valence-corrected chi connectivity index (χ0v) is 34.9. The zero-order valence-electron chi connectivity index (χ0n) is 34.9. The first-order valence-corrected chi connectivity index (χ1v) is 19.4. The van der Waals surface area contributed by atoms with Gasteiger partial charge in [-0.2, -0.15) is 0 Å². The Labute approximate surface area is 348 Å². The minimum absolute atomic E-state index is 0.121. The Morgan fingerprint density at radius 1 is 0.667 bits per heavy atom. The summed E-state index contributed by atoms with van der Waals surface area (Å²) in [6, 6.07) is -0.640. The molecule has 334 valence electrons. The molecule has 0 aliphatic heterocycles. The van der Waals surface area contributed by atoms with Crippen molar-refractivity contribution in [2.75, 3.05) is 0 Å². The predicted octanol–water partition coefficient (Wildman–Crippen LogP) is -0.904. The molecule has 1 unspecified atom stereocenters. The van der Waals surface area contributed by atoms with E-state index in [0.29, 0.717) is 11.1 Å². The fourth-order valence-electron chi connectivity index (χ4n) is 5.74. The van der Waals surface area contributed by atoms with E-state index in [1.54, 1.807) is 72.7 Å². The first-order valence-electron chi connectivity index (χ1n) is 19.4. The number of hydrogen-bond donors (Lipinski definition) is 11. The highest BCUT2D eigenvalue weighted by Gasteiger charge is 2.38. The Kier molecular flexibility index (Phi) is 21.9. The highest BCUT2D eigenvalue weighted by atomic mass is 16.6. The zero-order chi connectivity index (χ0) is 45.9. The van der Waals surface area contributed by atoms with E-state index < -0.39 is 135 Å². The molecule has 11 N–H and O–H groups in total. The van der Waals surface area contributed by atoms with Gasteiger partial charge in [-0.25, -0.2) is 0 Å². The molecule has 1 aromatic carbocycles. The molecule has 0 aliphatic rings. The second-order valence-electron chi connectivity index (χ2n) is 15.7. The Bertz CT molecular complexity index is 1690. The van der Waals surface area contributed by atoms with Crippen molar-refractivity contribution in [3.63, 3.8) is 0 Å².